The van der Waals surface area contributed by atoms with Gasteiger partial charge in [-0.2, -0.15) is 0 Å². The lowest BCUT2D eigenvalue weighted by molar-refractivity contribution is -0.114. The SMILES string of the molecule is CC(=O)Nc1ccc(-c2ccc(-c3cccc4c3oc3ccccc34)cc2)c2c1oc1ccccc12. The van der Waals surface area contributed by atoms with Crippen LogP contribution in [0.2, 0.25) is 0 Å². The van der Waals surface area contributed by atoms with Gasteiger partial charge in [0.15, 0.2) is 5.58 Å². The lowest BCUT2D eigenvalue weighted by Gasteiger charge is -2.09. The molecule has 36 heavy (non-hydrogen) atoms. The first-order valence-electron chi connectivity index (χ1n) is 11.9. The van der Waals surface area contributed by atoms with Gasteiger partial charge < -0.3 is 14.2 Å². The molecular formula is C32H21NO3. The monoisotopic (exact) mass is 467 g/mol. The van der Waals surface area contributed by atoms with Gasteiger partial charge in [0.25, 0.3) is 0 Å². The van der Waals surface area contributed by atoms with Gasteiger partial charge in [0.1, 0.15) is 16.7 Å². The summed E-state index contributed by atoms with van der Waals surface area (Å²) in [6.45, 7) is 1.50. The Bertz CT molecular complexity index is 1940. The number of carbonyl (C=O) groups is 1. The quantitative estimate of drug-likeness (QED) is 0.282. The predicted molar refractivity (Wildman–Crippen MR) is 146 cm³/mol. The van der Waals surface area contributed by atoms with Crippen molar-refractivity contribution in [3.63, 3.8) is 0 Å². The standard InChI is InChI=1S/C32H21NO3/c1-19(34)33-27-18-17-22(30-26-8-3-5-12-29(26)36-32(27)30)20-13-15-21(16-14-20)23-9-6-10-25-24-7-2-4-11-28(24)35-31(23)25/h2-18H,1H3,(H,33,34). The van der Waals surface area contributed by atoms with Crippen molar-refractivity contribution in [2.75, 3.05) is 5.32 Å². The third kappa shape index (κ3) is 3.12. The van der Waals surface area contributed by atoms with E-state index in [9.17, 15) is 4.79 Å². The molecule has 0 fully saturated rings. The van der Waals surface area contributed by atoms with Gasteiger partial charge in [-0.05, 0) is 34.9 Å². The Labute approximate surface area is 206 Å². The zero-order valence-electron chi connectivity index (χ0n) is 19.5. The molecule has 0 saturated carbocycles. The first-order valence-corrected chi connectivity index (χ1v) is 11.9. The summed E-state index contributed by atoms with van der Waals surface area (Å²) in [5.74, 6) is -0.131. The molecule has 0 bridgehead atoms. The minimum absolute atomic E-state index is 0.131. The highest BCUT2D eigenvalue weighted by atomic mass is 16.3. The third-order valence-corrected chi connectivity index (χ3v) is 6.75. The van der Waals surface area contributed by atoms with E-state index in [1.165, 1.54) is 6.92 Å². The number of fused-ring (bicyclic) bond motifs is 6. The Morgan fingerprint density at radius 2 is 1.19 bits per heavy atom. The molecule has 4 heteroatoms. The maximum atomic E-state index is 11.8. The predicted octanol–water partition coefficient (Wildman–Crippen LogP) is 8.78. The van der Waals surface area contributed by atoms with Crippen molar-refractivity contribution in [2.24, 2.45) is 0 Å². The van der Waals surface area contributed by atoms with Crippen LogP contribution in [0.5, 0.6) is 0 Å². The van der Waals surface area contributed by atoms with Crippen LogP contribution in [0.4, 0.5) is 5.69 Å². The Kier molecular flexibility index (Phi) is 4.48. The highest BCUT2D eigenvalue weighted by Crippen LogP contribution is 2.41. The second-order valence-corrected chi connectivity index (χ2v) is 9.00. The summed E-state index contributed by atoms with van der Waals surface area (Å²) >= 11 is 0. The third-order valence-electron chi connectivity index (χ3n) is 6.75. The van der Waals surface area contributed by atoms with Crippen molar-refractivity contribution in [2.45, 2.75) is 6.92 Å². The van der Waals surface area contributed by atoms with Gasteiger partial charge in [-0.3, -0.25) is 4.79 Å². The Morgan fingerprint density at radius 1 is 0.583 bits per heavy atom. The number of carbonyl (C=O) groups excluding carboxylic acids is 1. The maximum absolute atomic E-state index is 11.8. The molecule has 0 aliphatic rings. The topological polar surface area (TPSA) is 55.4 Å². The fraction of sp³-hybridized carbons (Fsp3) is 0.0312. The van der Waals surface area contributed by atoms with E-state index in [0.717, 1.165) is 60.5 Å². The molecule has 4 nitrogen and oxygen atoms in total. The van der Waals surface area contributed by atoms with Crippen LogP contribution < -0.4 is 5.32 Å². The molecule has 0 unspecified atom stereocenters. The summed E-state index contributed by atoms with van der Waals surface area (Å²) in [5.41, 5.74) is 8.21. The molecule has 7 aromatic rings. The van der Waals surface area contributed by atoms with Crippen LogP contribution in [-0.4, -0.2) is 5.91 Å². The van der Waals surface area contributed by atoms with Crippen LogP contribution in [0, 0.1) is 0 Å². The fourth-order valence-corrected chi connectivity index (χ4v) is 5.16. The molecule has 0 radical (unpaired) electrons. The molecule has 5 aromatic carbocycles. The second-order valence-electron chi connectivity index (χ2n) is 9.00. The number of rotatable bonds is 3. The number of para-hydroxylation sites is 3. The number of amides is 1. The van der Waals surface area contributed by atoms with Crippen molar-refractivity contribution in [1.82, 2.24) is 0 Å². The van der Waals surface area contributed by atoms with Gasteiger partial charge in [0.05, 0.1) is 5.69 Å². The van der Waals surface area contributed by atoms with Crippen molar-refractivity contribution in [3.05, 3.63) is 103 Å². The van der Waals surface area contributed by atoms with E-state index in [-0.39, 0.29) is 5.91 Å². The molecule has 1 amide bonds. The van der Waals surface area contributed by atoms with Gasteiger partial charge in [0, 0.05) is 34.0 Å². The fourth-order valence-electron chi connectivity index (χ4n) is 5.16. The zero-order chi connectivity index (χ0) is 24.2. The van der Waals surface area contributed by atoms with Gasteiger partial charge in [-0.1, -0.05) is 84.9 Å². The largest absolute Gasteiger partial charge is 0.455 e. The molecule has 0 aliphatic carbocycles. The Balaban J connectivity index is 1.39. The summed E-state index contributed by atoms with van der Waals surface area (Å²) in [6.07, 6.45) is 0. The lowest BCUT2D eigenvalue weighted by Crippen LogP contribution is -2.05. The zero-order valence-corrected chi connectivity index (χ0v) is 19.5. The van der Waals surface area contributed by atoms with Gasteiger partial charge in [0.2, 0.25) is 5.91 Å². The Morgan fingerprint density at radius 3 is 1.94 bits per heavy atom. The minimum atomic E-state index is -0.131. The van der Waals surface area contributed by atoms with Gasteiger partial charge in [-0.15, -0.1) is 0 Å². The second kappa shape index (κ2) is 7.85. The summed E-state index contributed by atoms with van der Waals surface area (Å²) in [4.78, 5) is 11.8. The van der Waals surface area contributed by atoms with Crippen molar-refractivity contribution < 1.29 is 13.6 Å². The van der Waals surface area contributed by atoms with Gasteiger partial charge in [-0.25, -0.2) is 0 Å². The van der Waals surface area contributed by atoms with Crippen LogP contribution >= 0.6 is 0 Å². The molecule has 1 N–H and O–H groups in total. The van der Waals surface area contributed by atoms with Crippen molar-refractivity contribution in [1.29, 1.82) is 0 Å². The Hall–Kier alpha value is -4.83. The first-order chi connectivity index (χ1) is 17.7. The van der Waals surface area contributed by atoms with Crippen LogP contribution in [-0.2, 0) is 4.79 Å². The van der Waals surface area contributed by atoms with Crippen LogP contribution in [0.15, 0.2) is 112 Å². The molecule has 0 atom stereocenters. The highest BCUT2D eigenvalue weighted by molar-refractivity contribution is 6.17. The first kappa shape index (κ1) is 20.5. The number of nitrogens with one attached hydrogen (secondary N) is 1. The maximum Gasteiger partial charge on any atom is 0.221 e. The molecule has 7 rings (SSSR count). The van der Waals surface area contributed by atoms with E-state index in [1.54, 1.807) is 0 Å². The van der Waals surface area contributed by atoms with Crippen molar-refractivity contribution in [3.8, 4) is 22.3 Å². The van der Waals surface area contributed by atoms with E-state index in [1.807, 2.05) is 48.5 Å². The van der Waals surface area contributed by atoms with Crippen LogP contribution in [0.25, 0.3) is 66.1 Å². The smallest absolute Gasteiger partial charge is 0.221 e. The molecule has 0 aliphatic heterocycles. The minimum Gasteiger partial charge on any atom is -0.455 e. The lowest BCUT2D eigenvalue weighted by atomic mass is 9.96. The molecule has 0 saturated heterocycles. The van der Waals surface area contributed by atoms with E-state index >= 15 is 0 Å². The molecule has 2 heterocycles. The molecule has 172 valence electrons. The number of benzene rings is 5. The van der Waals surface area contributed by atoms with E-state index in [0.29, 0.717) is 11.3 Å². The molecular weight excluding hydrogens is 446 g/mol. The average molecular weight is 468 g/mol. The molecule has 2 aromatic heterocycles. The van der Waals surface area contributed by atoms with Crippen molar-refractivity contribution >= 4 is 55.5 Å². The van der Waals surface area contributed by atoms with Crippen LogP contribution in [0.3, 0.4) is 0 Å². The van der Waals surface area contributed by atoms with E-state index < -0.39 is 0 Å². The number of furan rings is 2. The highest BCUT2D eigenvalue weighted by Gasteiger charge is 2.17. The summed E-state index contributed by atoms with van der Waals surface area (Å²) in [7, 11) is 0. The summed E-state index contributed by atoms with van der Waals surface area (Å²) in [6, 6.07) is 34.9. The van der Waals surface area contributed by atoms with Gasteiger partial charge >= 0.3 is 0 Å². The van der Waals surface area contributed by atoms with E-state index in [4.69, 9.17) is 8.83 Å². The average Bonchev–Trinajstić information content (AvgIpc) is 3.48. The normalized spacial score (nSPS) is 11.6. The van der Waals surface area contributed by atoms with Crippen LogP contribution in [0.1, 0.15) is 6.92 Å². The number of hydrogen-bond acceptors (Lipinski definition) is 3. The van der Waals surface area contributed by atoms with E-state index in [2.05, 4.69) is 59.9 Å². The molecule has 0 spiro atoms. The summed E-state index contributed by atoms with van der Waals surface area (Å²) in [5, 5.41) is 7.15. The number of anilines is 1. The summed E-state index contributed by atoms with van der Waals surface area (Å²) < 4.78 is 12.4. The number of hydrogen-bond donors (Lipinski definition) is 1.